The first-order valence-electron chi connectivity index (χ1n) is 9.79. The third-order valence-electron chi connectivity index (χ3n) is 5.81. The zero-order chi connectivity index (χ0) is 19.3. The Morgan fingerprint density at radius 3 is 3.00 bits per heavy atom. The molecule has 0 saturated carbocycles. The maximum atomic E-state index is 13.1. The van der Waals surface area contributed by atoms with Gasteiger partial charge in [0, 0.05) is 30.8 Å². The summed E-state index contributed by atoms with van der Waals surface area (Å²) in [6.07, 6.45) is 3.89. The molecule has 1 aromatic carbocycles. The monoisotopic (exact) mass is 374 g/mol. The van der Waals surface area contributed by atoms with E-state index in [2.05, 4.69) is 17.3 Å². The molecule has 2 amide bonds. The van der Waals surface area contributed by atoms with Crippen molar-refractivity contribution in [3.05, 3.63) is 59.3 Å². The summed E-state index contributed by atoms with van der Waals surface area (Å²) in [5, 5.41) is 7.36. The van der Waals surface area contributed by atoms with Gasteiger partial charge in [-0.3, -0.25) is 9.59 Å². The van der Waals surface area contributed by atoms with E-state index in [1.807, 2.05) is 41.3 Å². The van der Waals surface area contributed by atoms with Crippen LogP contribution in [-0.2, 0) is 6.54 Å². The average molecular weight is 374 g/mol. The van der Waals surface area contributed by atoms with Gasteiger partial charge in [-0.05, 0) is 42.5 Å². The molecule has 1 saturated heterocycles. The SMILES string of the molecule is C[C@@H]1CCCN(C(=O)c2cnn3c(-c4ccc5c(c4)C(=O)NC5)cccc23)C1. The molecule has 1 fully saturated rings. The number of rotatable bonds is 2. The van der Waals surface area contributed by atoms with Crippen molar-refractivity contribution >= 4 is 17.3 Å². The summed E-state index contributed by atoms with van der Waals surface area (Å²) >= 11 is 0. The summed E-state index contributed by atoms with van der Waals surface area (Å²) in [6.45, 7) is 4.38. The average Bonchev–Trinajstić information content (AvgIpc) is 3.31. The van der Waals surface area contributed by atoms with Crippen molar-refractivity contribution in [2.75, 3.05) is 13.1 Å². The highest BCUT2D eigenvalue weighted by atomic mass is 16.2. The van der Waals surface area contributed by atoms with Crippen molar-refractivity contribution in [2.45, 2.75) is 26.3 Å². The summed E-state index contributed by atoms with van der Waals surface area (Å²) in [7, 11) is 0. The minimum Gasteiger partial charge on any atom is -0.348 e. The number of pyridine rings is 1. The van der Waals surface area contributed by atoms with Gasteiger partial charge < -0.3 is 10.2 Å². The zero-order valence-electron chi connectivity index (χ0n) is 15.8. The van der Waals surface area contributed by atoms with E-state index in [0.29, 0.717) is 23.6 Å². The van der Waals surface area contributed by atoms with Gasteiger partial charge in [-0.15, -0.1) is 0 Å². The number of benzene rings is 1. The molecule has 0 radical (unpaired) electrons. The van der Waals surface area contributed by atoms with Gasteiger partial charge >= 0.3 is 0 Å². The molecule has 4 heterocycles. The molecule has 5 rings (SSSR count). The number of hydrogen-bond donors (Lipinski definition) is 1. The third kappa shape index (κ3) is 2.68. The molecule has 3 aromatic rings. The van der Waals surface area contributed by atoms with Crippen LogP contribution >= 0.6 is 0 Å². The van der Waals surface area contributed by atoms with Crippen molar-refractivity contribution in [1.82, 2.24) is 19.8 Å². The van der Waals surface area contributed by atoms with E-state index in [0.717, 1.165) is 41.8 Å². The largest absolute Gasteiger partial charge is 0.348 e. The lowest BCUT2D eigenvalue weighted by atomic mass is 9.99. The van der Waals surface area contributed by atoms with E-state index in [1.54, 1.807) is 10.7 Å². The molecule has 0 aliphatic carbocycles. The van der Waals surface area contributed by atoms with Gasteiger partial charge in [-0.25, -0.2) is 4.52 Å². The summed E-state index contributed by atoms with van der Waals surface area (Å²) < 4.78 is 1.80. The summed E-state index contributed by atoms with van der Waals surface area (Å²) in [6, 6.07) is 11.7. The second-order valence-corrected chi connectivity index (χ2v) is 7.82. The Morgan fingerprint density at radius 1 is 1.25 bits per heavy atom. The fraction of sp³-hybridized carbons (Fsp3) is 0.318. The van der Waals surface area contributed by atoms with E-state index in [9.17, 15) is 9.59 Å². The molecule has 2 aliphatic heterocycles. The molecule has 28 heavy (non-hydrogen) atoms. The first kappa shape index (κ1) is 17.0. The molecule has 1 N–H and O–H groups in total. The number of amides is 2. The lowest BCUT2D eigenvalue weighted by Crippen LogP contribution is -2.39. The van der Waals surface area contributed by atoms with Crippen molar-refractivity contribution in [3.63, 3.8) is 0 Å². The van der Waals surface area contributed by atoms with E-state index in [1.165, 1.54) is 6.42 Å². The highest BCUT2D eigenvalue weighted by molar-refractivity contribution is 6.01. The molecular formula is C22H22N4O2. The highest BCUT2D eigenvalue weighted by Gasteiger charge is 2.25. The number of nitrogens with zero attached hydrogens (tertiary/aromatic N) is 3. The highest BCUT2D eigenvalue weighted by Crippen LogP contribution is 2.27. The Bertz CT molecular complexity index is 1100. The minimum absolute atomic E-state index is 0.0421. The Kier molecular flexibility index (Phi) is 3.93. The summed E-state index contributed by atoms with van der Waals surface area (Å²) in [5.41, 5.74) is 4.93. The predicted octanol–water partition coefficient (Wildman–Crippen LogP) is 3.12. The standard InChI is InChI=1S/C22H22N4O2/c1-14-4-3-9-25(13-14)22(28)18-12-24-26-19(5-2-6-20(18)26)15-7-8-16-11-23-21(27)17(16)10-15/h2,5-8,10,12,14H,3-4,9,11,13H2,1H3,(H,23,27)/t14-/m1/s1. The predicted molar refractivity (Wildman–Crippen MR) is 106 cm³/mol. The molecule has 6 heteroatoms. The Hall–Kier alpha value is -3.15. The molecule has 6 nitrogen and oxygen atoms in total. The first-order valence-corrected chi connectivity index (χ1v) is 9.79. The van der Waals surface area contributed by atoms with Crippen LogP contribution in [0.25, 0.3) is 16.8 Å². The van der Waals surface area contributed by atoms with Gasteiger partial charge in [0.05, 0.1) is 23.0 Å². The van der Waals surface area contributed by atoms with Gasteiger partial charge in [0.2, 0.25) is 0 Å². The number of carbonyl (C=O) groups excluding carboxylic acids is 2. The third-order valence-corrected chi connectivity index (χ3v) is 5.81. The van der Waals surface area contributed by atoms with Crippen molar-refractivity contribution in [3.8, 4) is 11.3 Å². The minimum atomic E-state index is -0.0421. The molecule has 2 aromatic heterocycles. The summed E-state index contributed by atoms with van der Waals surface area (Å²) in [4.78, 5) is 27.1. The van der Waals surface area contributed by atoms with Crippen LogP contribution in [-0.4, -0.2) is 39.4 Å². The lowest BCUT2D eigenvalue weighted by Gasteiger charge is -2.30. The number of hydrogen-bond acceptors (Lipinski definition) is 3. The zero-order valence-corrected chi connectivity index (χ0v) is 15.8. The molecule has 0 bridgehead atoms. The van der Waals surface area contributed by atoms with Gasteiger partial charge in [-0.2, -0.15) is 5.10 Å². The van der Waals surface area contributed by atoms with Crippen LogP contribution in [0.1, 0.15) is 46.0 Å². The fourth-order valence-electron chi connectivity index (χ4n) is 4.31. The van der Waals surface area contributed by atoms with Crippen LogP contribution in [0.4, 0.5) is 0 Å². The van der Waals surface area contributed by atoms with Crippen molar-refractivity contribution in [2.24, 2.45) is 5.92 Å². The van der Waals surface area contributed by atoms with Crippen LogP contribution in [0.3, 0.4) is 0 Å². The molecule has 142 valence electrons. The first-order chi connectivity index (χ1) is 13.6. The van der Waals surface area contributed by atoms with E-state index in [-0.39, 0.29) is 11.8 Å². The lowest BCUT2D eigenvalue weighted by molar-refractivity contribution is 0.0685. The molecule has 0 unspecified atom stereocenters. The van der Waals surface area contributed by atoms with Gasteiger partial charge in [0.15, 0.2) is 0 Å². The number of carbonyl (C=O) groups is 2. The van der Waals surface area contributed by atoms with Crippen LogP contribution < -0.4 is 5.32 Å². The quantitative estimate of drug-likeness (QED) is 0.749. The number of likely N-dealkylation sites (tertiary alicyclic amines) is 1. The Balaban J connectivity index is 1.55. The van der Waals surface area contributed by atoms with Crippen molar-refractivity contribution in [1.29, 1.82) is 0 Å². The van der Waals surface area contributed by atoms with Crippen LogP contribution in [0.5, 0.6) is 0 Å². The summed E-state index contributed by atoms with van der Waals surface area (Å²) in [5.74, 6) is 0.541. The molecule has 1 atom stereocenters. The number of aromatic nitrogens is 2. The van der Waals surface area contributed by atoms with Gasteiger partial charge in [0.1, 0.15) is 0 Å². The van der Waals surface area contributed by atoms with E-state index < -0.39 is 0 Å². The van der Waals surface area contributed by atoms with E-state index in [4.69, 9.17) is 0 Å². The maximum Gasteiger partial charge on any atom is 0.257 e. The Morgan fingerprint density at radius 2 is 2.14 bits per heavy atom. The van der Waals surface area contributed by atoms with Crippen LogP contribution in [0, 0.1) is 5.92 Å². The fourth-order valence-corrected chi connectivity index (χ4v) is 4.31. The second-order valence-electron chi connectivity index (χ2n) is 7.82. The van der Waals surface area contributed by atoms with Crippen LogP contribution in [0.2, 0.25) is 0 Å². The molecule has 2 aliphatic rings. The normalized spacial score (nSPS) is 19.0. The second kappa shape index (κ2) is 6.48. The molecular weight excluding hydrogens is 352 g/mol. The molecule has 0 spiro atoms. The van der Waals surface area contributed by atoms with Gasteiger partial charge in [-0.1, -0.05) is 25.1 Å². The van der Waals surface area contributed by atoms with Gasteiger partial charge in [0.25, 0.3) is 11.8 Å². The van der Waals surface area contributed by atoms with E-state index >= 15 is 0 Å². The topological polar surface area (TPSA) is 66.7 Å². The Labute approximate surface area is 163 Å². The number of nitrogens with one attached hydrogen (secondary N) is 1. The number of piperidine rings is 1. The van der Waals surface area contributed by atoms with Crippen LogP contribution in [0.15, 0.2) is 42.6 Å². The maximum absolute atomic E-state index is 13.1. The number of fused-ring (bicyclic) bond motifs is 2. The van der Waals surface area contributed by atoms with Crippen molar-refractivity contribution < 1.29 is 9.59 Å². The smallest absolute Gasteiger partial charge is 0.257 e.